The quantitative estimate of drug-likeness (QED) is 0.581. The molecular formula is C10H16Cl2N4O4S. The van der Waals surface area contributed by atoms with Crippen LogP contribution in [0.1, 0.15) is 0 Å². The zero-order valence-electron chi connectivity index (χ0n) is 10.8. The minimum atomic E-state index is -3.95. The summed E-state index contributed by atoms with van der Waals surface area (Å²) in [7, 11) is -3.95. The Morgan fingerprint density at radius 1 is 1.14 bits per heavy atom. The number of hydrogen-bond acceptors (Lipinski definition) is 6. The predicted molar refractivity (Wildman–Crippen MR) is 82.3 cm³/mol. The highest BCUT2D eigenvalue weighted by Gasteiger charge is 2.38. The first-order valence-electron chi connectivity index (χ1n) is 5.59. The molecule has 0 aliphatic carbocycles. The molecule has 1 fully saturated rings. The summed E-state index contributed by atoms with van der Waals surface area (Å²) in [6.07, 6.45) is 0. The second-order valence-electron chi connectivity index (χ2n) is 4.37. The van der Waals surface area contributed by atoms with Gasteiger partial charge in [0.05, 0.1) is 4.92 Å². The van der Waals surface area contributed by atoms with E-state index in [1.54, 1.807) is 0 Å². The molecule has 21 heavy (non-hydrogen) atoms. The van der Waals surface area contributed by atoms with Gasteiger partial charge < -0.3 is 11.5 Å². The average molecular weight is 359 g/mol. The van der Waals surface area contributed by atoms with Crippen molar-refractivity contribution in [1.29, 1.82) is 0 Å². The standard InChI is InChI=1S/C10H14N4O4S.2ClH/c11-7-5-13(6-8(7)12)19(17,18)10-4-2-1-3-9(10)14(15)16;;/h1-4,7-8H,5-6,11-12H2;2*1H. The van der Waals surface area contributed by atoms with Gasteiger partial charge in [0.25, 0.3) is 5.69 Å². The Morgan fingerprint density at radius 3 is 2.10 bits per heavy atom. The van der Waals surface area contributed by atoms with Crippen LogP contribution in [0.25, 0.3) is 0 Å². The van der Waals surface area contributed by atoms with Gasteiger partial charge in [-0.05, 0) is 6.07 Å². The van der Waals surface area contributed by atoms with Crippen LogP contribution in [0.5, 0.6) is 0 Å². The Morgan fingerprint density at radius 2 is 1.62 bits per heavy atom. The van der Waals surface area contributed by atoms with Gasteiger partial charge in [0, 0.05) is 31.2 Å². The molecule has 0 bridgehead atoms. The number of nitrogens with zero attached hydrogens (tertiary/aromatic N) is 2. The average Bonchev–Trinajstić information content (AvgIpc) is 2.70. The van der Waals surface area contributed by atoms with Crippen molar-refractivity contribution in [2.24, 2.45) is 11.5 Å². The van der Waals surface area contributed by atoms with Crippen molar-refractivity contribution in [3.8, 4) is 0 Å². The van der Waals surface area contributed by atoms with Gasteiger partial charge in [0.2, 0.25) is 10.0 Å². The summed E-state index contributed by atoms with van der Waals surface area (Å²) in [5.74, 6) is 0. The number of rotatable bonds is 3. The van der Waals surface area contributed by atoms with Gasteiger partial charge in [-0.1, -0.05) is 12.1 Å². The third-order valence-electron chi connectivity index (χ3n) is 3.06. The smallest absolute Gasteiger partial charge is 0.289 e. The van der Waals surface area contributed by atoms with Gasteiger partial charge in [-0.25, -0.2) is 8.42 Å². The molecule has 1 heterocycles. The molecule has 0 aromatic heterocycles. The third-order valence-corrected chi connectivity index (χ3v) is 4.94. The van der Waals surface area contributed by atoms with Crippen molar-refractivity contribution in [3.05, 3.63) is 34.4 Å². The second-order valence-corrected chi connectivity index (χ2v) is 6.28. The number of nitrogens with two attached hydrogens (primary N) is 2. The maximum atomic E-state index is 12.4. The van der Waals surface area contributed by atoms with Crippen LogP contribution in [0.2, 0.25) is 0 Å². The van der Waals surface area contributed by atoms with E-state index < -0.39 is 32.7 Å². The molecule has 0 spiro atoms. The van der Waals surface area contributed by atoms with Crippen LogP contribution >= 0.6 is 24.8 Å². The van der Waals surface area contributed by atoms with E-state index in [4.69, 9.17) is 11.5 Å². The molecule has 1 aliphatic heterocycles. The maximum Gasteiger partial charge on any atom is 0.289 e. The van der Waals surface area contributed by atoms with E-state index in [0.717, 1.165) is 10.4 Å². The molecule has 0 saturated carbocycles. The molecule has 2 rings (SSSR count). The number of sulfonamides is 1. The highest BCUT2D eigenvalue weighted by atomic mass is 35.5. The highest BCUT2D eigenvalue weighted by molar-refractivity contribution is 7.89. The number of nitro benzene ring substituents is 1. The molecule has 1 saturated heterocycles. The molecule has 2 unspecified atom stereocenters. The van der Waals surface area contributed by atoms with Crippen molar-refractivity contribution in [3.63, 3.8) is 0 Å². The van der Waals surface area contributed by atoms with Gasteiger partial charge in [0.1, 0.15) is 0 Å². The zero-order chi connectivity index (χ0) is 14.2. The van der Waals surface area contributed by atoms with Crippen LogP contribution in [-0.4, -0.2) is 42.8 Å². The molecule has 4 N–H and O–H groups in total. The third kappa shape index (κ3) is 3.82. The minimum Gasteiger partial charge on any atom is -0.325 e. The summed E-state index contributed by atoms with van der Waals surface area (Å²) in [4.78, 5) is 9.83. The van der Waals surface area contributed by atoms with Crippen molar-refractivity contribution in [1.82, 2.24) is 4.31 Å². The van der Waals surface area contributed by atoms with E-state index in [-0.39, 0.29) is 42.8 Å². The van der Waals surface area contributed by atoms with Crippen LogP contribution in [0, 0.1) is 10.1 Å². The number of nitro groups is 1. The van der Waals surface area contributed by atoms with Crippen molar-refractivity contribution in [2.75, 3.05) is 13.1 Å². The Hall–Kier alpha value is -0.970. The lowest BCUT2D eigenvalue weighted by molar-refractivity contribution is -0.387. The van der Waals surface area contributed by atoms with Gasteiger partial charge in [-0.2, -0.15) is 4.31 Å². The second kappa shape index (κ2) is 7.34. The van der Waals surface area contributed by atoms with E-state index in [9.17, 15) is 18.5 Å². The van der Waals surface area contributed by atoms with Crippen LogP contribution in [0.4, 0.5) is 5.69 Å². The Bertz CT molecular complexity index is 603. The monoisotopic (exact) mass is 358 g/mol. The lowest BCUT2D eigenvalue weighted by Crippen LogP contribution is -2.39. The summed E-state index contributed by atoms with van der Waals surface area (Å²) < 4.78 is 25.8. The predicted octanol–water partition coefficient (Wildman–Crippen LogP) is 0.0973. The van der Waals surface area contributed by atoms with Gasteiger partial charge in [-0.15, -0.1) is 24.8 Å². The molecule has 1 aromatic rings. The van der Waals surface area contributed by atoms with Crippen molar-refractivity contribution < 1.29 is 13.3 Å². The molecule has 1 aliphatic rings. The summed E-state index contributed by atoms with van der Waals surface area (Å²) in [6.45, 7) is 0.130. The first-order valence-corrected chi connectivity index (χ1v) is 7.03. The molecule has 1 aromatic carbocycles. The molecule has 120 valence electrons. The minimum absolute atomic E-state index is 0. The van der Waals surface area contributed by atoms with Gasteiger partial charge in [0.15, 0.2) is 4.90 Å². The Labute approximate surface area is 134 Å². The SMILES string of the molecule is Cl.Cl.NC1CN(S(=O)(=O)c2ccccc2[N+](=O)[O-])CC1N. The van der Waals surface area contributed by atoms with Gasteiger partial charge in [-0.3, -0.25) is 10.1 Å². The molecule has 0 amide bonds. The first-order chi connectivity index (χ1) is 8.84. The molecule has 0 radical (unpaired) electrons. The largest absolute Gasteiger partial charge is 0.325 e. The lowest BCUT2D eigenvalue weighted by Gasteiger charge is -2.15. The van der Waals surface area contributed by atoms with E-state index >= 15 is 0 Å². The van der Waals surface area contributed by atoms with Crippen molar-refractivity contribution in [2.45, 2.75) is 17.0 Å². The number of hydrogen-bond donors (Lipinski definition) is 2. The lowest BCUT2D eigenvalue weighted by atomic mass is 10.2. The summed E-state index contributed by atoms with van der Waals surface area (Å²) in [5.41, 5.74) is 10.9. The van der Waals surface area contributed by atoms with Gasteiger partial charge >= 0.3 is 0 Å². The number of halogens is 2. The maximum absolute atomic E-state index is 12.4. The fourth-order valence-electron chi connectivity index (χ4n) is 1.98. The molecule has 2 atom stereocenters. The van der Waals surface area contributed by atoms with Crippen LogP contribution in [0.3, 0.4) is 0 Å². The summed E-state index contributed by atoms with van der Waals surface area (Å²) in [5, 5.41) is 10.9. The zero-order valence-corrected chi connectivity index (χ0v) is 13.2. The molecular weight excluding hydrogens is 343 g/mol. The molecule has 8 nitrogen and oxygen atoms in total. The fraction of sp³-hybridized carbons (Fsp3) is 0.400. The van der Waals surface area contributed by atoms with Crippen LogP contribution < -0.4 is 11.5 Å². The molecule has 11 heteroatoms. The first kappa shape index (κ1) is 20.0. The fourth-order valence-corrected chi connectivity index (χ4v) is 3.65. The summed E-state index contributed by atoms with van der Waals surface area (Å²) >= 11 is 0. The van der Waals surface area contributed by atoms with E-state index in [1.807, 2.05) is 0 Å². The Kier molecular flexibility index (Phi) is 7.00. The van der Waals surface area contributed by atoms with E-state index in [1.165, 1.54) is 18.2 Å². The normalized spacial score (nSPS) is 22.2. The Balaban J connectivity index is 0.00000200. The van der Waals surface area contributed by atoms with E-state index in [2.05, 4.69) is 0 Å². The number of para-hydroxylation sites is 1. The number of benzene rings is 1. The van der Waals surface area contributed by atoms with Crippen molar-refractivity contribution >= 4 is 40.5 Å². The van der Waals surface area contributed by atoms with Crippen LogP contribution in [-0.2, 0) is 10.0 Å². The van der Waals surface area contributed by atoms with Crippen LogP contribution in [0.15, 0.2) is 29.2 Å². The topological polar surface area (TPSA) is 133 Å². The summed E-state index contributed by atoms with van der Waals surface area (Å²) in [6, 6.07) is 4.30. The highest BCUT2D eigenvalue weighted by Crippen LogP contribution is 2.27. The van der Waals surface area contributed by atoms with E-state index in [0.29, 0.717) is 0 Å².